The van der Waals surface area contributed by atoms with Crippen LogP contribution >= 0.6 is 0 Å². The van der Waals surface area contributed by atoms with Crippen LogP contribution in [0.5, 0.6) is 0 Å². The molecule has 0 amide bonds. The minimum Gasteiger partial charge on any atom is -0.368 e. The number of nitrogens with two attached hydrogens (primary N) is 1. The molecule has 0 atom stereocenters. The van der Waals surface area contributed by atoms with Crippen LogP contribution in [0.25, 0.3) is 22.2 Å². The number of aryl methyl sites for hydroxylation is 1. The van der Waals surface area contributed by atoms with Crippen molar-refractivity contribution in [3.8, 4) is 11.3 Å². The number of rotatable bonds is 1. The van der Waals surface area contributed by atoms with Crippen LogP contribution in [0.2, 0.25) is 0 Å². The number of anilines is 1. The lowest BCUT2D eigenvalue weighted by Crippen LogP contribution is -1.95. The Bertz CT molecular complexity index is 722. The van der Waals surface area contributed by atoms with E-state index in [1.54, 1.807) is 6.20 Å². The van der Waals surface area contributed by atoms with Crippen LogP contribution in [0.4, 0.5) is 5.95 Å². The molecule has 0 bridgehead atoms. The molecule has 0 radical (unpaired) electrons. The molecule has 3 aromatic rings. The maximum Gasteiger partial charge on any atom is 0.220 e. The van der Waals surface area contributed by atoms with E-state index >= 15 is 0 Å². The molecule has 0 spiro atoms. The molecule has 0 aliphatic heterocycles. The van der Waals surface area contributed by atoms with Crippen molar-refractivity contribution in [1.29, 1.82) is 0 Å². The van der Waals surface area contributed by atoms with Crippen molar-refractivity contribution < 1.29 is 0 Å². The van der Waals surface area contributed by atoms with Crippen LogP contribution in [0.3, 0.4) is 0 Å². The van der Waals surface area contributed by atoms with E-state index in [2.05, 4.69) is 27.1 Å². The van der Waals surface area contributed by atoms with Crippen molar-refractivity contribution in [3.63, 3.8) is 0 Å². The van der Waals surface area contributed by atoms with Crippen LogP contribution in [0, 0.1) is 6.92 Å². The third kappa shape index (κ3) is 1.88. The first-order valence-electron chi connectivity index (χ1n) is 5.69. The van der Waals surface area contributed by atoms with E-state index in [4.69, 9.17) is 5.73 Å². The van der Waals surface area contributed by atoms with Gasteiger partial charge in [-0.3, -0.25) is 4.98 Å². The predicted octanol–water partition coefficient (Wildman–Crippen LogP) is 2.58. The second-order valence-corrected chi connectivity index (χ2v) is 4.16. The smallest absolute Gasteiger partial charge is 0.220 e. The second-order valence-electron chi connectivity index (χ2n) is 4.16. The molecule has 0 unspecified atom stereocenters. The highest BCUT2D eigenvalue weighted by molar-refractivity contribution is 5.83. The van der Waals surface area contributed by atoms with Gasteiger partial charge < -0.3 is 5.73 Å². The van der Waals surface area contributed by atoms with Gasteiger partial charge in [-0.25, -0.2) is 9.97 Å². The Kier molecular flexibility index (Phi) is 2.41. The van der Waals surface area contributed by atoms with Gasteiger partial charge >= 0.3 is 0 Å². The third-order valence-electron chi connectivity index (χ3n) is 2.80. The van der Waals surface area contributed by atoms with Crippen LogP contribution < -0.4 is 5.73 Å². The predicted molar refractivity (Wildman–Crippen MR) is 71.9 cm³/mol. The summed E-state index contributed by atoms with van der Waals surface area (Å²) in [4.78, 5) is 12.6. The lowest BCUT2D eigenvalue weighted by Gasteiger charge is -2.04. The number of nitrogen functional groups attached to an aromatic ring is 1. The highest BCUT2D eigenvalue weighted by atomic mass is 15.0. The Hall–Kier alpha value is -2.49. The Morgan fingerprint density at radius 1 is 1.00 bits per heavy atom. The standard InChI is InChI=1S/C14H12N4/c1-9-2-3-10-8-11(4-5-12(10)17-9)13-6-7-16-14(15)18-13/h2-8H,1H3,(H2,15,16,18). The van der Waals surface area contributed by atoms with Gasteiger partial charge in [-0.2, -0.15) is 0 Å². The number of aromatic nitrogens is 3. The zero-order chi connectivity index (χ0) is 12.5. The Labute approximate surface area is 105 Å². The van der Waals surface area contributed by atoms with Crippen molar-refractivity contribution in [3.05, 3.63) is 48.3 Å². The molecule has 4 nitrogen and oxygen atoms in total. The fourth-order valence-electron chi connectivity index (χ4n) is 1.92. The molecular formula is C14H12N4. The van der Waals surface area contributed by atoms with E-state index in [1.807, 2.05) is 31.2 Å². The maximum atomic E-state index is 5.59. The topological polar surface area (TPSA) is 64.7 Å². The maximum absolute atomic E-state index is 5.59. The lowest BCUT2D eigenvalue weighted by atomic mass is 10.1. The van der Waals surface area contributed by atoms with E-state index in [-0.39, 0.29) is 5.95 Å². The van der Waals surface area contributed by atoms with E-state index in [1.165, 1.54) is 0 Å². The number of benzene rings is 1. The van der Waals surface area contributed by atoms with Gasteiger partial charge in [0, 0.05) is 22.8 Å². The van der Waals surface area contributed by atoms with Gasteiger partial charge in [0.2, 0.25) is 5.95 Å². The molecule has 18 heavy (non-hydrogen) atoms. The van der Waals surface area contributed by atoms with E-state index < -0.39 is 0 Å². The number of nitrogens with zero attached hydrogens (tertiary/aromatic N) is 3. The molecule has 0 aliphatic carbocycles. The van der Waals surface area contributed by atoms with Crippen molar-refractivity contribution >= 4 is 16.9 Å². The lowest BCUT2D eigenvalue weighted by molar-refractivity contribution is 1.19. The summed E-state index contributed by atoms with van der Waals surface area (Å²) in [7, 11) is 0. The first kappa shape index (κ1) is 10.7. The molecule has 2 aromatic heterocycles. The van der Waals surface area contributed by atoms with Crippen molar-refractivity contribution in [2.24, 2.45) is 0 Å². The fraction of sp³-hybridized carbons (Fsp3) is 0.0714. The monoisotopic (exact) mass is 236 g/mol. The summed E-state index contributed by atoms with van der Waals surface area (Å²) in [6.45, 7) is 1.98. The summed E-state index contributed by atoms with van der Waals surface area (Å²) >= 11 is 0. The summed E-state index contributed by atoms with van der Waals surface area (Å²) in [6, 6.07) is 12.0. The normalized spacial score (nSPS) is 10.7. The molecule has 0 saturated heterocycles. The van der Waals surface area contributed by atoms with Crippen molar-refractivity contribution in [2.75, 3.05) is 5.73 Å². The zero-order valence-corrected chi connectivity index (χ0v) is 9.96. The summed E-state index contributed by atoms with van der Waals surface area (Å²) < 4.78 is 0. The van der Waals surface area contributed by atoms with Gasteiger partial charge in [-0.1, -0.05) is 12.1 Å². The third-order valence-corrected chi connectivity index (χ3v) is 2.80. The summed E-state index contributed by atoms with van der Waals surface area (Å²) in [5.74, 6) is 0.287. The molecule has 0 aliphatic rings. The van der Waals surface area contributed by atoms with Crippen LogP contribution in [0.1, 0.15) is 5.69 Å². The molecule has 2 N–H and O–H groups in total. The average molecular weight is 236 g/mol. The largest absolute Gasteiger partial charge is 0.368 e. The first-order chi connectivity index (χ1) is 8.72. The Balaban J connectivity index is 2.16. The minimum atomic E-state index is 0.287. The van der Waals surface area contributed by atoms with Gasteiger partial charge in [0.15, 0.2) is 0 Å². The molecule has 4 heteroatoms. The van der Waals surface area contributed by atoms with Crippen LogP contribution in [-0.2, 0) is 0 Å². The number of hydrogen-bond acceptors (Lipinski definition) is 4. The van der Waals surface area contributed by atoms with E-state index in [0.29, 0.717) is 0 Å². The number of hydrogen-bond donors (Lipinski definition) is 1. The van der Waals surface area contributed by atoms with E-state index in [0.717, 1.165) is 27.9 Å². The van der Waals surface area contributed by atoms with Gasteiger partial charge in [0.05, 0.1) is 11.2 Å². The minimum absolute atomic E-state index is 0.287. The number of fused-ring (bicyclic) bond motifs is 1. The molecule has 1 aromatic carbocycles. The Morgan fingerprint density at radius 3 is 2.72 bits per heavy atom. The highest BCUT2D eigenvalue weighted by Crippen LogP contribution is 2.22. The molecular weight excluding hydrogens is 224 g/mol. The van der Waals surface area contributed by atoms with E-state index in [9.17, 15) is 0 Å². The molecule has 2 heterocycles. The van der Waals surface area contributed by atoms with Crippen molar-refractivity contribution in [2.45, 2.75) is 6.92 Å². The second kappa shape index (κ2) is 4.07. The van der Waals surface area contributed by atoms with Gasteiger partial charge in [-0.15, -0.1) is 0 Å². The SMILES string of the molecule is Cc1ccc2cc(-c3ccnc(N)n3)ccc2n1. The molecule has 88 valence electrons. The average Bonchev–Trinajstić information content (AvgIpc) is 2.38. The van der Waals surface area contributed by atoms with Crippen molar-refractivity contribution in [1.82, 2.24) is 15.0 Å². The summed E-state index contributed by atoms with van der Waals surface area (Å²) in [5, 5.41) is 1.09. The van der Waals surface area contributed by atoms with Gasteiger partial charge in [-0.05, 0) is 31.2 Å². The summed E-state index contributed by atoms with van der Waals surface area (Å²) in [5.41, 5.74) is 9.44. The number of pyridine rings is 1. The Morgan fingerprint density at radius 2 is 1.89 bits per heavy atom. The first-order valence-corrected chi connectivity index (χ1v) is 5.69. The molecule has 0 saturated carbocycles. The molecule has 3 rings (SSSR count). The van der Waals surface area contributed by atoms with Gasteiger partial charge in [0.25, 0.3) is 0 Å². The quantitative estimate of drug-likeness (QED) is 0.705. The fourth-order valence-corrected chi connectivity index (χ4v) is 1.92. The van der Waals surface area contributed by atoms with Crippen LogP contribution in [0.15, 0.2) is 42.6 Å². The molecule has 0 fully saturated rings. The summed E-state index contributed by atoms with van der Waals surface area (Å²) in [6.07, 6.45) is 1.66. The zero-order valence-electron chi connectivity index (χ0n) is 9.96. The van der Waals surface area contributed by atoms with Crippen LogP contribution in [-0.4, -0.2) is 15.0 Å². The van der Waals surface area contributed by atoms with Gasteiger partial charge in [0.1, 0.15) is 0 Å². The highest BCUT2D eigenvalue weighted by Gasteiger charge is 2.02.